The molecule has 1 aliphatic carbocycles. The van der Waals surface area contributed by atoms with Crippen molar-refractivity contribution >= 4 is 22.1 Å². The van der Waals surface area contributed by atoms with E-state index in [0.29, 0.717) is 23.5 Å². The van der Waals surface area contributed by atoms with Gasteiger partial charge in [-0.2, -0.15) is 0 Å². The second kappa shape index (κ2) is 18.6. The molecule has 0 amide bonds. The molecule has 4 heterocycles. The maximum absolute atomic E-state index is 6.60. The molecule has 4 aromatic carbocycles. The Morgan fingerprint density at radius 2 is 1.33 bits per heavy atom. The molecule has 0 bridgehead atoms. The largest absolute Gasteiger partial charge is 0.486 e. The fourth-order valence-corrected chi connectivity index (χ4v) is 8.62. The molecule has 0 aliphatic heterocycles. The van der Waals surface area contributed by atoms with E-state index in [4.69, 9.17) is 14.4 Å². The Morgan fingerprint density at radius 1 is 0.633 bits per heavy atom. The molecule has 8 aromatic rings. The van der Waals surface area contributed by atoms with E-state index in [1.807, 2.05) is 18.3 Å². The van der Waals surface area contributed by atoms with Crippen molar-refractivity contribution in [2.24, 2.45) is 0 Å². The Bertz CT molecular complexity index is 2710. The average molecular weight is 966 g/mol. The number of rotatable bonds is 7. The third-order valence-electron chi connectivity index (χ3n) is 12.2. The van der Waals surface area contributed by atoms with Crippen molar-refractivity contribution in [3.63, 3.8) is 0 Å². The van der Waals surface area contributed by atoms with E-state index in [2.05, 4.69) is 164 Å². The summed E-state index contributed by atoms with van der Waals surface area (Å²) < 4.78 is 6.60. The summed E-state index contributed by atoms with van der Waals surface area (Å²) in [5, 5.41) is 2.07. The van der Waals surface area contributed by atoms with Crippen molar-refractivity contribution in [2.75, 3.05) is 0 Å². The summed E-state index contributed by atoms with van der Waals surface area (Å²) in [7, 11) is 0. The molecule has 0 unspecified atom stereocenters. The summed E-state index contributed by atoms with van der Waals surface area (Å²) in [6.07, 6.45) is 10.6. The van der Waals surface area contributed by atoms with Gasteiger partial charge in [0.2, 0.25) is 5.71 Å². The number of hydrogen-bond donors (Lipinski definition) is 0. The fourth-order valence-electron chi connectivity index (χ4n) is 8.62. The first-order valence-corrected chi connectivity index (χ1v) is 21.4. The van der Waals surface area contributed by atoms with E-state index in [1.165, 1.54) is 87.7 Å². The summed E-state index contributed by atoms with van der Waals surface area (Å²) in [5.41, 5.74) is 19.1. The van der Waals surface area contributed by atoms with Gasteiger partial charge in [-0.1, -0.05) is 131 Å². The number of pyridine rings is 3. The summed E-state index contributed by atoms with van der Waals surface area (Å²) in [6.45, 7) is 17.6. The van der Waals surface area contributed by atoms with Crippen LogP contribution in [-0.2, 0) is 20.1 Å². The van der Waals surface area contributed by atoms with Crippen LogP contribution in [-0.4, -0.2) is 15.0 Å². The van der Waals surface area contributed by atoms with Crippen molar-refractivity contribution in [1.29, 1.82) is 0 Å². The van der Waals surface area contributed by atoms with E-state index in [-0.39, 0.29) is 20.1 Å². The third kappa shape index (κ3) is 8.94. The van der Waals surface area contributed by atoms with Crippen molar-refractivity contribution in [1.82, 2.24) is 15.0 Å². The summed E-state index contributed by atoms with van der Waals surface area (Å²) in [6, 6.07) is 41.0. The van der Waals surface area contributed by atoms with Gasteiger partial charge in [0.25, 0.3) is 0 Å². The Kier molecular flexibility index (Phi) is 13.3. The van der Waals surface area contributed by atoms with E-state index >= 15 is 0 Å². The van der Waals surface area contributed by atoms with Gasteiger partial charge in [0, 0.05) is 43.4 Å². The molecule has 4 nitrogen and oxygen atoms in total. The monoisotopic (exact) mass is 966 g/mol. The molecule has 1 saturated carbocycles. The zero-order chi connectivity index (χ0) is 41.2. The molecule has 0 saturated heterocycles. The van der Waals surface area contributed by atoms with Crippen LogP contribution in [0.25, 0.3) is 67.0 Å². The van der Waals surface area contributed by atoms with Gasteiger partial charge in [0.1, 0.15) is 0 Å². The van der Waals surface area contributed by atoms with Gasteiger partial charge in [-0.3, -0.25) is 0 Å². The molecule has 4 aromatic heterocycles. The molecule has 9 rings (SSSR count). The zero-order valence-corrected chi connectivity index (χ0v) is 38.6. The summed E-state index contributed by atoms with van der Waals surface area (Å²) in [5.74, 6) is 1.31. The first-order valence-electron chi connectivity index (χ1n) is 21.4. The number of nitrogens with zero attached hydrogens (tertiary/aromatic N) is 3. The van der Waals surface area contributed by atoms with Crippen LogP contribution >= 0.6 is 0 Å². The normalized spacial score (nSPS) is 13.1. The minimum absolute atomic E-state index is 0. The van der Waals surface area contributed by atoms with E-state index in [0.717, 1.165) is 44.6 Å². The van der Waals surface area contributed by atoms with Gasteiger partial charge in [-0.15, -0.1) is 53.6 Å². The van der Waals surface area contributed by atoms with Crippen LogP contribution in [0.1, 0.15) is 116 Å². The number of aromatic nitrogens is 3. The van der Waals surface area contributed by atoms with Crippen molar-refractivity contribution in [2.45, 2.75) is 105 Å². The topological polar surface area (TPSA) is 51.8 Å². The second-order valence-corrected chi connectivity index (χ2v) is 17.1. The molecular formula is C55H55IrN3O-2. The first kappa shape index (κ1) is 42.9. The van der Waals surface area contributed by atoms with Crippen molar-refractivity contribution in [3.8, 4) is 44.9 Å². The minimum Gasteiger partial charge on any atom is -0.486 e. The number of aryl methyl sites for hydroxylation is 4. The summed E-state index contributed by atoms with van der Waals surface area (Å²) in [4.78, 5) is 14.6. The van der Waals surface area contributed by atoms with Crippen LogP contribution in [0.15, 0.2) is 114 Å². The Morgan fingerprint density at radius 3 is 1.98 bits per heavy atom. The fraction of sp³-hybridized carbons (Fsp3) is 0.291. The van der Waals surface area contributed by atoms with Gasteiger partial charge in [-0.05, 0) is 108 Å². The van der Waals surface area contributed by atoms with E-state index in [9.17, 15) is 0 Å². The molecule has 5 heteroatoms. The van der Waals surface area contributed by atoms with Gasteiger partial charge >= 0.3 is 0 Å². The third-order valence-corrected chi connectivity index (χ3v) is 12.2. The number of hydrogen-bond acceptors (Lipinski definition) is 4. The van der Waals surface area contributed by atoms with Gasteiger partial charge in [0.15, 0.2) is 0 Å². The molecule has 307 valence electrons. The molecule has 0 N–H and O–H groups in total. The molecule has 0 spiro atoms. The predicted octanol–water partition coefficient (Wildman–Crippen LogP) is 15.3. The minimum atomic E-state index is 0. The Labute approximate surface area is 370 Å². The number of fused-ring (bicyclic) bond motifs is 3. The molecular weight excluding hydrogens is 911 g/mol. The van der Waals surface area contributed by atoms with Gasteiger partial charge < -0.3 is 14.4 Å². The Balaban J connectivity index is 0.000000287. The SMILES string of the molecule is Cc1c[c-]c(-c2cc(C)c(C)cn2)cc1.Cc1cc(-c2[c-]ccc3c2oc2nc(-c4c(C(C)C)cc(-c5ccccc5)cc4C(C)C)ccc23)ncc1C1CCCCC1.[Ir]. The first-order chi connectivity index (χ1) is 28.5. The van der Waals surface area contributed by atoms with Crippen LogP contribution in [0.3, 0.4) is 0 Å². The molecule has 1 aliphatic rings. The molecule has 1 fully saturated rings. The van der Waals surface area contributed by atoms with Crippen LogP contribution < -0.4 is 0 Å². The number of benzene rings is 4. The zero-order valence-electron chi connectivity index (χ0n) is 36.2. The van der Waals surface area contributed by atoms with Gasteiger partial charge in [-0.25, -0.2) is 4.98 Å². The maximum Gasteiger partial charge on any atom is 0.216 e. The van der Waals surface area contributed by atoms with E-state index < -0.39 is 0 Å². The number of furan rings is 1. The molecule has 0 atom stereocenters. The average Bonchev–Trinajstić information content (AvgIpc) is 3.63. The van der Waals surface area contributed by atoms with Crippen molar-refractivity contribution < 1.29 is 24.5 Å². The maximum atomic E-state index is 6.60. The molecule has 60 heavy (non-hydrogen) atoms. The second-order valence-electron chi connectivity index (χ2n) is 17.1. The van der Waals surface area contributed by atoms with Crippen LogP contribution in [0.4, 0.5) is 0 Å². The van der Waals surface area contributed by atoms with Crippen LogP contribution in [0, 0.1) is 39.8 Å². The Hall–Kier alpha value is -5.22. The standard InChI is InChI=1S/C41H41N2O.C14H14N.Ir/c1-25(2)34-22-30(28-13-8-6-9-14-28)23-35(26(3)4)39(34)37-20-19-32-31-17-12-18-33(40(31)44-41(32)43-37)38-21-27(5)36(24-42-38)29-15-10-7-11-16-29;1-10-4-6-13(7-5-10)14-8-11(2)12(3)9-15-14;/h6,8-9,12-14,17,19-26,29H,7,10-11,15-16H2,1-5H3;4-6,8-9H,1-3H3;/q2*-1;. The van der Waals surface area contributed by atoms with Gasteiger partial charge in [0.05, 0.1) is 11.3 Å². The van der Waals surface area contributed by atoms with Crippen molar-refractivity contribution in [3.05, 3.63) is 161 Å². The smallest absolute Gasteiger partial charge is 0.216 e. The molecule has 1 radical (unpaired) electrons. The summed E-state index contributed by atoms with van der Waals surface area (Å²) >= 11 is 0. The quantitative estimate of drug-likeness (QED) is 0.149. The van der Waals surface area contributed by atoms with Crippen LogP contribution in [0.2, 0.25) is 0 Å². The predicted molar refractivity (Wildman–Crippen MR) is 246 cm³/mol. The van der Waals surface area contributed by atoms with E-state index in [1.54, 1.807) is 0 Å². The van der Waals surface area contributed by atoms with Crippen LogP contribution in [0.5, 0.6) is 0 Å².